The Morgan fingerprint density at radius 1 is 1.00 bits per heavy atom. The van der Waals surface area contributed by atoms with Crippen LogP contribution in [0, 0.1) is 0 Å². The third kappa shape index (κ3) is 21.0. The maximum absolute atomic E-state index is 0. The molecule has 0 N–H and O–H groups in total. The molecule has 34 valence electrons. The van der Waals surface area contributed by atoms with Crippen LogP contribution < -0.4 is 0 Å². The molecule has 0 amide bonds. The molecule has 0 fully saturated rings. The molecule has 0 aliphatic heterocycles. The van der Waals surface area contributed by atoms with Crippen LogP contribution in [0.1, 0.15) is 0 Å². The van der Waals surface area contributed by atoms with Crippen molar-refractivity contribution in [1.82, 2.24) is 0 Å². The summed E-state index contributed by atoms with van der Waals surface area (Å²) in [4.78, 5) is 0. The van der Waals surface area contributed by atoms with Crippen LogP contribution in [0.4, 0.5) is 0 Å². The molecule has 0 nitrogen and oxygen atoms in total. The Hall–Kier alpha value is 2.53. The molecule has 0 saturated carbocycles. The average molecular weight is 415 g/mol. The van der Waals surface area contributed by atoms with E-state index in [1.807, 2.05) is 0 Å². The van der Waals surface area contributed by atoms with Crippen molar-refractivity contribution in [2.24, 2.45) is 0 Å². The first-order valence-electron chi connectivity index (χ1n) is 0. The molecule has 5 heavy (non-hydrogen) atoms. The number of hydrogen-bond donors (Lipinski definition) is 0. The SMILES string of the molecule is B.[AlH3].[PbH2].[SiH4].[TeH2]. The van der Waals surface area contributed by atoms with Gasteiger partial charge in [0.15, 0.2) is 17.4 Å². The van der Waals surface area contributed by atoms with Crippen LogP contribution in [0.2, 0.25) is 0 Å². The van der Waals surface area contributed by atoms with Crippen LogP contribution >= 0.6 is 0 Å². The van der Waals surface area contributed by atoms with Crippen molar-refractivity contribution in [3.63, 3.8) is 0 Å². The Bertz CT molecular complexity index is 11.6. The second-order valence-electron chi connectivity index (χ2n) is 0. The van der Waals surface area contributed by atoms with Gasteiger partial charge in [-0.25, -0.2) is 0 Å². The molecule has 0 aromatic heterocycles. The molecule has 0 aromatic carbocycles. The molecule has 0 aliphatic rings. The average Bonchev–Trinajstić information content (AvgIpc) is 0. The van der Waals surface area contributed by atoms with Gasteiger partial charge in [0.2, 0.25) is 0 Å². The van der Waals surface area contributed by atoms with Gasteiger partial charge in [-0.1, -0.05) is 0 Å². The Morgan fingerprint density at radius 3 is 1.00 bits per heavy atom. The van der Waals surface area contributed by atoms with E-state index >= 15 is 0 Å². The summed E-state index contributed by atoms with van der Waals surface area (Å²) in [6.07, 6.45) is 0. The molecular weight excluding hydrogens is 401 g/mol. The zero-order valence-electron chi connectivity index (χ0n) is 1.21. The van der Waals surface area contributed by atoms with Gasteiger partial charge in [0.05, 0.1) is 8.41 Å². The van der Waals surface area contributed by atoms with Crippen LogP contribution in [-0.4, -0.2) is 87.7 Å². The summed E-state index contributed by atoms with van der Waals surface area (Å²) in [7, 11) is 0. The summed E-state index contributed by atoms with van der Waals surface area (Å²) < 4.78 is 0. The van der Waals surface area contributed by atoms with Crippen molar-refractivity contribution in [2.75, 3.05) is 0 Å². The van der Waals surface area contributed by atoms with E-state index in [0.717, 1.165) is 0 Å². The van der Waals surface area contributed by atoms with Crippen LogP contribution in [0.15, 0.2) is 0 Å². The van der Waals surface area contributed by atoms with Gasteiger partial charge in [0.1, 0.15) is 0 Å². The number of hydrogen-bond acceptors (Lipinski definition) is 0. The van der Waals surface area contributed by atoms with E-state index in [0.29, 0.717) is 0 Å². The van der Waals surface area contributed by atoms with E-state index in [9.17, 15) is 0 Å². The van der Waals surface area contributed by atoms with Gasteiger partial charge in [-0.05, 0) is 11.0 Å². The van der Waals surface area contributed by atoms with Gasteiger partial charge < -0.3 is 0 Å². The predicted molar refractivity (Wildman–Crippen MR) is 48.3 cm³/mol. The quantitative estimate of drug-likeness (QED) is 0.347. The molecule has 0 unspecified atom stereocenters. The fraction of sp³-hybridized carbons (Fsp3) is 0. The standard InChI is InChI=1S/Al.BH3.Pb.H4Si.H2Te.5H/h;1H3;;1H4;1H2;;;;;. The second-order valence-corrected chi connectivity index (χ2v) is 0. The van der Waals surface area contributed by atoms with Gasteiger partial charge in [-0.2, -0.15) is 0 Å². The molecule has 0 rings (SSSR count). The molecule has 0 spiro atoms. The first kappa shape index (κ1) is 50.2. The van der Waals surface area contributed by atoms with Crippen LogP contribution in [0.5, 0.6) is 0 Å². The maximum atomic E-state index is 0. The van der Waals surface area contributed by atoms with E-state index in [-0.39, 0.29) is 87.7 Å². The van der Waals surface area contributed by atoms with Gasteiger partial charge in [-0.3, -0.25) is 0 Å². The monoisotopic (exact) mass is 418 g/mol. The van der Waals surface area contributed by atoms with Crippen molar-refractivity contribution >= 4 is 87.7 Å². The van der Waals surface area contributed by atoms with Crippen molar-refractivity contribution in [3.05, 3.63) is 0 Å². The molecule has 0 saturated heterocycles. The van der Waals surface area contributed by atoms with E-state index in [2.05, 4.69) is 0 Å². The van der Waals surface area contributed by atoms with Crippen molar-refractivity contribution < 1.29 is 0 Å². The van der Waals surface area contributed by atoms with Crippen LogP contribution in [0.3, 0.4) is 0 Å². The summed E-state index contributed by atoms with van der Waals surface area (Å²) in [6, 6.07) is 0. The normalized spacial score (nSPS) is 0. The minimum absolute atomic E-state index is 0. The Balaban J connectivity index is 0. The molecule has 0 aliphatic carbocycles. The van der Waals surface area contributed by atoms with Gasteiger partial charge in [0, 0.05) is 0 Å². The number of rotatable bonds is 0. The second kappa shape index (κ2) is 31.2. The Labute approximate surface area is 86.5 Å². The molecular formula is H14AlBPbSiTe. The minimum atomic E-state index is 0. The van der Waals surface area contributed by atoms with Gasteiger partial charge in [0.25, 0.3) is 0 Å². The van der Waals surface area contributed by atoms with E-state index in [1.165, 1.54) is 0 Å². The van der Waals surface area contributed by atoms with Crippen molar-refractivity contribution in [1.29, 1.82) is 0 Å². The van der Waals surface area contributed by atoms with E-state index in [1.54, 1.807) is 0 Å². The summed E-state index contributed by atoms with van der Waals surface area (Å²) in [5.41, 5.74) is 0. The summed E-state index contributed by atoms with van der Waals surface area (Å²) in [5, 5.41) is 0. The first-order chi connectivity index (χ1) is 0. The van der Waals surface area contributed by atoms with Gasteiger partial charge in [-0.15, -0.1) is 0 Å². The van der Waals surface area contributed by atoms with Crippen LogP contribution in [-0.2, 0) is 0 Å². The molecule has 0 heterocycles. The summed E-state index contributed by atoms with van der Waals surface area (Å²) >= 11 is 0. The summed E-state index contributed by atoms with van der Waals surface area (Å²) in [6.45, 7) is 0. The molecule has 0 bridgehead atoms. The fourth-order valence-corrected chi connectivity index (χ4v) is 0. The van der Waals surface area contributed by atoms with Crippen molar-refractivity contribution in [3.8, 4) is 0 Å². The Kier molecular flexibility index (Phi) is 314. The molecule has 5 heteroatoms. The van der Waals surface area contributed by atoms with Crippen molar-refractivity contribution in [2.45, 2.75) is 0 Å². The van der Waals surface area contributed by atoms with Gasteiger partial charge >= 0.3 is 51.0 Å². The molecule has 0 aromatic rings. The zero-order valence-corrected chi connectivity index (χ0v) is 9.56. The third-order valence-corrected chi connectivity index (χ3v) is 0. The molecule has 2 radical (unpaired) electrons. The molecule has 0 atom stereocenters. The van der Waals surface area contributed by atoms with Crippen LogP contribution in [0.25, 0.3) is 0 Å². The zero-order chi connectivity index (χ0) is 0. The predicted octanol–water partition coefficient (Wildman–Crippen LogP) is -5.65. The Morgan fingerprint density at radius 2 is 1.00 bits per heavy atom. The first-order valence-corrected chi connectivity index (χ1v) is 0. The topological polar surface area (TPSA) is 0 Å². The summed E-state index contributed by atoms with van der Waals surface area (Å²) in [5.74, 6) is 0. The third-order valence-electron chi connectivity index (χ3n) is 0. The van der Waals surface area contributed by atoms with E-state index < -0.39 is 0 Å². The fourth-order valence-electron chi connectivity index (χ4n) is 0. The van der Waals surface area contributed by atoms with E-state index in [4.69, 9.17) is 0 Å².